The molecule has 12 nitrogen and oxygen atoms in total. The van der Waals surface area contributed by atoms with Gasteiger partial charge in [-0.25, -0.2) is 19.8 Å². The van der Waals surface area contributed by atoms with Crippen LogP contribution in [-0.2, 0) is 5.41 Å². The van der Waals surface area contributed by atoms with Gasteiger partial charge >= 0.3 is 0 Å². The van der Waals surface area contributed by atoms with Crippen LogP contribution in [0.4, 0.5) is 5.69 Å². The topological polar surface area (TPSA) is 146 Å². The van der Waals surface area contributed by atoms with Crippen molar-refractivity contribution in [2.75, 3.05) is 0 Å². The predicted molar refractivity (Wildman–Crippen MR) is 544 cm³/mol. The third-order valence-corrected chi connectivity index (χ3v) is 27.1. The Hall–Kier alpha value is -17.8. The van der Waals surface area contributed by atoms with Crippen LogP contribution in [0, 0.1) is 6.57 Å². The van der Waals surface area contributed by atoms with Crippen molar-refractivity contribution in [1.82, 2.24) is 49.8 Å². The number of hydrogen-bond acceptors (Lipinski definition) is 11. The molecule has 0 unspecified atom stereocenters. The molecule has 0 aliphatic heterocycles. The lowest BCUT2D eigenvalue weighted by Gasteiger charge is -2.22. The molecule has 11 aromatic heterocycles. The van der Waals surface area contributed by atoms with Crippen molar-refractivity contribution in [3.8, 4) is 78.3 Å². The molecule has 27 aromatic rings. The van der Waals surface area contributed by atoms with Crippen molar-refractivity contribution in [1.29, 1.82) is 0 Å². The van der Waals surface area contributed by atoms with Crippen LogP contribution >= 0.6 is 0 Å². The summed E-state index contributed by atoms with van der Waals surface area (Å²) in [6.07, 6.45) is 14.8. The Morgan fingerprint density at radius 2 is 0.568 bits per heavy atom. The summed E-state index contributed by atoms with van der Waals surface area (Å²) in [5, 5.41) is 25.7. The number of furan rings is 1. The predicted octanol–water partition coefficient (Wildman–Crippen LogP) is 31.1. The molecule has 0 spiro atoms. The fraction of sp³-hybridized carbons (Fsp3) is 0.0250. The standard InChI is InChI=1S/C45H28N4.C41H23N3O.C34H20N4/c1-45(2)37-24-26(16-18-31(37)32-19-17-27(46-3)25-38(32)45)28-20-21-33(30-11-5-4-10-29(28)30)42-41-36-14-9-23-48-44(36)43-35(13-8-22-47-43)40(41)34-12-6-7-15-39(34)49-42;1-2-11-25-24(10-1)26(29-14-7-15-30-27-12-4-6-19-35(27)45-41(29)30)20-21-28(25)38-37-33-17-9-23-43-40(33)39-32(16-8-22-42-39)36(37)31-13-3-5-18-34(31)44-38;1-2-10-24-23(9-1)22(21-8-5-17-35-20-21)15-16-25(24)32-31-28-13-7-19-37-34(28)33-27(12-6-18-36-33)30(31)26-11-3-4-14-29(26)38-32/h4-25H,1-2H3;1-23H;1-20H. The second-order valence-electron chi connectivity index (χ2n) is 34.4. The smallest absolute Gasteiger partial charge is 0.187 e. The van der Waals surface area contributed by atoms with Gasteiger partial charge in [-0.05, 0) is 150 Å². The van der Waals surface area contributed by atoms with Crippen LogP contribution in [0.3, 0.4) is 0 Å². The second kappa shape index (κ2) is 29.9. The number of para-hydroxylation sites is 5. The minimum Gasteiger partial charge on any atom is -0.455 e. The molecule has 28 rings (SSSR count). The van der Waals surface area contributed by atoms with E-state index < -0.39 is 0 Å². The zero-order valence-corrected chi connectivity index (χ0v) is 71.4. The van der Waals surface area contributed by atoms with E-state index in [1.54, 1.807) is 0 Å². The number of fused-ring (bicyclic) bond motifs is 33. The van der Waals surface area contributed by atoms with Gasteiger partial charge in [-0.3, -0.25) is 34.9 Å². The number of hydrogen-bond donors (Lipinski definition) is 0. The summed E-state index contributed by atoms with van der Waals surface area (Å²) in [5.74, 6) is 0. The van der Waals surface area contributed by atoms with Gasteiger partial charge in [-0.1, -0.05) is 287 Å². The molecule has 612 valence electrons. The SMILES string of the molecule is [C-]#[N+]c1ccc2c(c1)C(C)(C)c1cc(-c3ccc(-c4nc5ccccc5c5c6cccnc6c6ncccc6c45)c4ccccc34)ccc1-2.c1ccc2c(c1)nc(-c1ccc(-c3cccc4c3oc3ccccc34)c3ccccc13)c1c3cccnc3c3ncccc3c21.c1cncc(-c2ccc(-c3nc4ccccc4c4c5cccnc5c5ncccc5c34)c3ccccc23)c1. The molecule has 12 heteroatoms. The van der Waals surface area contributed by atoms with E-state index in [1.807, 2.05) is 110 Å². The first kappa shape index (κ1) is 75.5. The Kier molecular flexibility index (Phi) is 17.1. The van der Waals surface area contributed by atoms with Crippen LogP contribution in [0.15, 0.2) is 400 Å². The highest BCUT2D eigenvalue weighted by Crippen LogP contribution is 2.54. The maximum Gasteiger partial charge on any atom is 0.187 e. The van der Waals surface area contributed by atoms with Gasteiger partial charge in [0.25, 0.3) is 0 Å². The van der Waals surface area contributed by atoms with Crippen molar-refractivity contribution in [3.05, 3.63) is 418 Å². The summed E-state index contributed by atoms with van der Waals surface area (Å²) in [4.78, 5) is 53.1. The first-order valence-corrected chi connectivity index (χ1v) is 44.3. The molecule has 0 N–H and O–H groups in total. The molecule has 0 saturated heterocycles. The minimum absolute atomic E-state index is 0.211. The molecule has 0 atom stereocenters. The molecule has 0 radical (unpaired) electrons. The normalized spacial score (nSPS) is 12.4. The van der Waals surface area contributed by atoms with Crippen LogP contribution in [0.25, 0.3) is 268 Å². The minimum atomic E-state index is -0.211. The fourth-order valence-corrected chi connectivity index (χ4v) is 21.3. The Balaban J connectivity index is 0.000000105. The summed E-state index contributed by atoms with van der Waals surface area (Å²) < 4.78 is 6.47. The van der Waals surface area contributed by atoms with Gasteiger partial charge in [0.1, 0.15) is 11.2 Å². The number of aromatic nitrogens is 10. The summed E-state index contributed by atoms with van der Waals surface area (Å²) in [6.45, 7) is 12.1. The van der Waals surface area contributed by atoms with Gasteiger partial charge in [0.15, 0.2) is 5.69 Å². The average molecular weight is 1680 g/mol. The maximum atomic E-state index is 7.57. The van der Waals surface area contributed by atoms with E-state index in [4.69, 9.17) is 55.8 Å². The molecule has 0 amide bonds. The third kappa shape index (κ3) is 11.6. The van der Waals surface area contributed by atoms with E-state index >= 15 is 0 Å². The van der Waals surface area contributed by atoms with Gasteiger partial charge in [-0.15, -0.1) is 0 Å². The first-order valence-electron chi connectivity index (χ1n) is 44.3. The van der Waals surface area contributed by atoms with E-state index in [-0.39, 0.29) is 5.41 Å². The number of nitrogens with zero attached hydrogens (tertiary/aromatic N) is 11. The van der Waals surface area contributed by atoms with Crippen molar-refractivity contribution < 1.29 is 4.42 Å². The quantitative estimate of drug-likeness (QED) is 0.116. The van der Waals surface area contributed by atoms with Crippen LogP contribution in [0.2, 0.25) is 0 Å². The third-order valence-electron chi connectivity index (χ3n) is 27.1. The van der Waals surface area contributed by atoms with Crippen LogP contribution in [0.1, 0.15) is 25.0 Å². The highest BCUT2D eigenvalue weighted by atomic mass is 16.3. The van der Waals surface area contributed by atoms with Crippen molar-refractivity contribution >= 4 is 190 Å². The van der Waals surface area contributed by atoms with E-state index in [1.165, 1.54) is 44.2 Å². The molecule has 0 saturated carbocycles. The maximum absolute atomic E-state index is 7.57. The van der Waals surface area contributed by atoms with E-state index in [2.05, 4.69) is 309 Å². The molecular weight excluding hydrogens is 1610 g/mol. The molecule has 11 heterocycles. The van der Waals surface area contributed by atoms with Crippen LogP contribution in [-0.4, -0.2) is 49.8 Å². The van der Waals surface area contributed by atoms with Gasteiger partial charge in [0.05, 0.1) is 73.3 Å². The fourth-order valence-electron chi connectivity index (χ4n) is 21.3. The largest absolute Gasteiger partial charge is 0.455 e. The molecular formula is C120H71N11O. The highest BCUT2D eigenvalue weighted by Gasteiger charge is 2.36. The Morgan fingerprint density at radius 1 is 0.242 bits per heavy atom. The molecule has 1 aliphatic carbocycles. The van der Waals surface area contributed by atoms with Gasteiger partial charge < -0.3 is 4.42 Å². The molecule has 0 bridgehead atoms. The second-order valence-corrected chi connectivity index (χ2v) is 34.4. The van der Waals surface area contributed by atoms with Crippen molar-refractivity contribution in [3.63, 3.8) is 0 Å². The number of pyridine rings is 10. The van der Waals surface area contributed by atoms with E-state index in [0.29, 0.717) is 5.69 Å². The van der Waals surface area contributed by atoms with Crippen molar-refractivity contribution in [2.24, 2.45) is 0 Å². The highest BCUT2D eigenvalue weighted by molar-refractivity contribution is 6.36. The molecule has 16 aromatic carbocycles. The monoisotopic (exact) mass is 1680 g/mol. The van der Waals surface area contributed by atoms with Crippen LogP contribution < -0.4 is 0 Å². The molecule has 132 heavy (non-hydrogen) atoms. The molecule has 0 fully saturated rings. The lowest BCUT2D eigenvalue weighted by atomic mass is 9.81. The van der Waals surface area contributed by atoms with E-state index in [0.717, 1.165) is 230 Å². The summed E-state index contributed by atoms with van der Waals surface area (Å²) in [7, 11) is 0. The number of rotatable bonds is 6. The van der Waals surface area contributed by atoms with Crippen LogP contribution in [0.5, 0.6) is 0 Å². The number of benzene rings is 16. The Bertz CT molecular complexity index is 9700. The summed E-state index contributed by atoms with van der Waals surface area (Å²) in [6, 6.07) is 121. The first-order chi connectivity index (χ1) is 65.3. The summed E-state index contributed by atoms with van der Waals surface area (Å²) >= 11 is 0. The Labute approximate surface area is 755 Å². The van der Waals surface area contributed by atoms with Crippen molar-refractivity contribution in [2.45, 2.75) is 19.3 Å². The lowest BCUT2D eigenvalue weighted by molar-refractivity contribution is 0.661. The Morgan fingerprint density at radius 3 is 0.992 bits per heavy atom. The zero-order valence-electron chi connectivity index (χ0n) is 71.4. The van der Waals surface area contributed by atoms with Gasteiger partial charge in [-0.2, -0.15) is 0 Å². The molecule has 1 aliphatic rings. The lowest BCUT2D eigenvalue weighted by Crippen LogP contribution is -2.14. The van der Waals surface area contributed by atoms with E-state index in [9.17, 15) is 0 Å². The summed E-state index contributed by atoms with van der Waals surface area (Å²) in [5.41, 5.74) is 28.4. The average Bonchev–Trinajstić information content (AvgIpc) is 1.55. The van der Waals surface area contributed by atoms with Gasteiger partial charge in [0, 0.05) is 174 Å². The zero-order chi connectivity index (χ0) is 87.4. The van der Waals surface area contributed by atoms with Gasteiger partial charge in [0.2, 0.25) is 0 Å².